The molecule has 10 heteroatoms. The van der Waals surface area contributed by atoms with Crippen LogP contribution in [0.4, 0.5) is 19.5 Å². The zero-order valence-corrected chi connectivity index (χ0v) is 15.1. The summed E-state index contributed by atoms with van der Waals surface area (Å²) < 4.78 is 30.4. The molecule has 3 rings (SSSR count). The van der Waals surface area contributed by atoms with Crippen molar-refractivity contribution in [3.05, 3.63) is 39.5 Å². The SMILES string of the molecule is CC(F)(F)COC(=O)N1Cc2nc(N)nc(-c3ccc(Cl)cc3Cl)c2C1. The third-order valence-corrected chi connectivity index (χ3v) is 4.24. The molecule has 0 aliphatic carbocycles. The Hall–Kier alpha value is -2.19. The minimum atomic E-state index is -3.10. The number of hydrogen-bond donors (Lipinski definition) is 1. The second kappa shape index (κ2) is 6.85. The highest BCUT2D eigenvalue weighted by Crippen LogP contribution is 2.36. The summed E-state index contributed by atoms with van der Waals surface area (Å²) in [5.74, 6) is -3.09. The van der Waals surface area contributed by atoms with E-state index in [0.717, 1.165) is 0 Å². The molecule has 2 heterocycles. The lowest BCUT2D eigenvalue weighted by molar-refractivity contribution is -0.0455. The standard InChI is InChI=1S/C16H14Cl2F2N4O2/c1-16(19,20)7-26-15(25)24-5-10-12(6-24)22-14(21)23-13(10)9-3-2-8(17)4-11(9)18/h2-4H,5-7H2,1H3,(H2,21,22,23). The Bertz CT molecular complexity index is 874. The van der Waals surface area contributed by atoms with Crippen LogP contribution >= 0.6 is 23.2 Å². The normalized spacial score (nSPS) is 13.7. The van der Waals surface area contributed by atoms with Gasteiger partial charge < -0.3 is 10.5 Å². The first-order valence-electron chi connectivity index (χ1n) is 7.54. The predicted molar refractivity (Wildman–Crippen MR) is 93.1 cm³/mol. The largest absolute Gasteiger partial charge is 0.443 e. The van der Waals surface area contributed by atoms with Crippen LogP contribution < -0.4 is 5.73 Å². The number of nitrogen functional groups attached to an aromatic ring is 1. The van der Waals surface area contributed by atoms with Gasteiger partial charge in [0.1, 0.15) is 0 Å². The second-order valence-electron chi connectivity index (χ2n) is 5.96. The first kappa shape index (κ1) is 18.6. The van der Waals surface area contributed by atoms with Gasteiger partial charge in [-0.1, -0.05) is 23.2 Å². The molecule has 0 saturated carbocycles. The maximum Gasteiger partial charge on any atom is 0.410 e. The number of nitrogens with two attached hydrogens (primary N) is 1. The first-order valence-corrected chi connectivity index (χ1v) is 8.30. The Morgan fingerprint density at radius 1 is 1.35 bits per heavy atom. The van der Waals surface area contributed by atoms with Gasteiger partial charge in [-0.15, -0.1) is 0 Å². The van der Waals surface area contributed by atoms with Gasteiger partial charge >= 0.3 is 6.09 Å². The van der Waals surface area contributed by atoms with Gasteiger partial charge in [-0.3, -0.25) is 4.90 Å². The highest BCUT2D eigenvalue weighted by atomic mass is 35.5. The van der Waals surface area contributed by atoms with Crippen LogP contribution in [0.1, 0.15) is 18.2 Å². The summed E-state index contributed by atoms with van der Waals surface area (Å²) in [6.07, 6.45) is -0.865. The highest BCUT2D eigenvalue weighted by molar-refractivity contribution is 6.36. The molecule has 1 aliphatic rings. The molecule has 0 radical (unpaired) electrons. The van der Waals surface area contributed by atoms with Gasteiger partial charge in [0.15, 0.2) is 6.61 Å². The van der Waals surface area contributed by atoms with E-state index in [9.17, 15) is 13.6 Å². The van der Waals surface area contributed by atoms with Crippen molar-refractivity contribution in [3.63, 3.8) is 0 Å². The number of ether oxygens (including phenoxy) is 1. The van der Waals surface area contributed by atoms with Crippen LogP contribution in [0.2, 0.25) is 10.0 Å². The Morgan fingerprint density at radius 3 is 2.73 bits per heavy atom. The molecule has 2 N–H and O–H groups in total. The Morgan fingerprint density at radius 2 is 2.08 bits per heavy atom. The number of halogens is 4. The summed E-state index contributed by atoms with van der Waals surface area (Å²) in [7, 11) is 0. The molecular formula is C16H14Cl2F2N4O2. The number of alkyl halides is 2. The van der Waals surface area contributed by atoms with Gasteiger partial charge in [-0.05, 0) is 18.2 Å². The van der Waals surface area contributed by atoms with E-state index in [1.165, 1.54) is 4.90 Å². The van der Waals surface area contributed by atoms with Crippen molar-refractivity contribution >= 4 is 35.2 Å². The summed E-state index contributed by atoms with van der Waals surface area (Å²) in [4.78, 5) is 21.7. The molecule has 0 atom stereocenters. The van der Waals surface area contributed by atoms with Crippen LogP contribution in [0.15, 0.2) is 18.2 Å². The molecule has 0 unspecified atom stereocenters. The number of hydrogen-bond acceptors (Lipinski definition) is 5. The molecule has 0 saturated heterocycles. The third kappa shape index (κ3) is 3.96. The average Bonchev–Trinajstić information content (AvgIpc) is 2.95. The molecule has 0 fully saturated rings. The van der Waals surface area contributed by atoms with E-state index in [2.05, 4.69) is 14.7 Å². The summed E-state index contributed by atoms with van der Waals surface area (Å²) >= 11 is 12.2. The lowest BCUT2D eigenvalue weighted by Crippen LogP contribution is -2.30. The second-order valence-corrected chi connectivity index (χ2v) is 6.80. The third-order valence-electron chi connectivity index (χ3n) is 3.69. The molecule has 1 aromatic carbocycles. The number of rotatable bonds is 3. The topological polar surface area (TPSA) is 81.3 Å². The lowest BCUT2D eigenvalue weighted by atomic mass is 10.1. The minimum Gasteiger partial charge on any atom is -0.443 e. The monoisotopic (exact) mass is 402 g/mol. The number of carbonyl (C=O) groups is 1. The first-order chi connectivity index (χ1) is 12.1. The molecule has 0 bridgehead atoms. The van der Waals surface area contributed by atoms with Crippen molar-refractivity contribution in [2.24, 2.45) is 0 Å². The lowest BCUT2D eigenvalue weighted by Gasteiger charge is -2.17. The van der Waals surface area contributed by atoms with Gasteiger partial charge in [-0.25, -0.2) is 23.5 Å². The Labute approximate surface area is 157 Å². The molecule has 2 aromatic rings. The van der Waals surface area contributed by atoms with Crippen molar-refractivity contribution in [1.29, 1.82) is 0 Å². The van der Waals surface area contributed by atoms with Crippen LogP contribution in [0.3, 0.4) is 0 Å². The summed E-state index contributed by atoms with van der Waals surface area (Å²) in [5, 5.41) is 0.826. The van der Waals surface area contributed by atoms with E-state index >= 15 is 0 Å². The van der Waals surface area contributed by atoms with Gasteiger partial charge in [0, 0.05) is 23.1 Å². The molecule has 6 nitrogen and oxygen atoms in total. The maximum atomic E-state index is 12.9. The van der Waals surface area contributed by atoms with Crippen LogP contribution in [-0.4, -0.2) is 33.5 Å². The number of fused-ring (bicyclic) bond motifs is 1. The van der Waals surface area contributed by atoms with Crippen LogP contribution in [-0.2, 0) is 17.8 Å². The van der Waals surface area contributed by atoms with Gasteiger partial charge in [0.2, 0.25) is 5.95 Å². The fraction of sp³-hybridized carbons (Fsp3) is 0.312. The number of benzene rings is 1. The predicted octanol–water partition coefficient (Wildman–Crippen LogP) is 4.14. The van der Waals surface area contributed by atoms with Gasteiger partial charge in [-0.2, -0.15) is 0 Å². The van der Waals surface area contributed by atoms with E-state index < -0.39 is 18.6 Å². The molecule has 0 spiro atoms. The number of amides is 1. The van der Waals surface area contributed by atoms with Crippen molar-refractivity contribution in [1.82, 2.24) is 14.9 Å². The van der Waals surface area contributed by atoms with E-state index in [0.29, 0.717) is 39.5 Å². The van der Waals surface area contributed by atoms with E-state index in [1.807, 2.05) is 0 Å². The van der Waals surface area contributed by atoms with Gasteiger partial charge in [0.05, 0.1) is 29.5 Å². The Kier molecular flexibility index (Phi) is 4.90. The van der Waals surface area contributed by atoms with E-state index in [-0.39, 0.29) is 19.0 Å². The smallest absolute Gasteiger partial charge is 0.410 e. The number of aromatic nitrogens is 2. The number of nitrogens with zero attached hydrogens (tertiary/aromatic N) is 3. The molecule has 1 amide bonds. The zero-order chi connectivity index (χ0) is 19.1. The van der Waals surface area contributed by atoms with E-state index in [4.69, 9.17) is 28.9 Å². The molecule has 1 aromatic heterocycles. The summed E-state index contributed by atoms with van der Waals surface area (Å²) in [6.45, 7) is -0.152. The van der Waals surface area contributed by atoms with Crippen molar-refractivity contribution in [2.75, 3.05) is 12.3 Å². The number of carbonyl (C=O) groups excluding carboxylic acids is 1. The summed E-state index contributed by atoms with van der Waals surface area (Å²) in [5.41, 5.74) is 7.95. The zero-order valence-electron chi connectivity index (χ0n) is 13.6. The molecule has 26 heavy (non-hydrogen) atoms. The average molecular weight is 403 g/mol. The quantitative estimate of drug-likeness (QED) is 0.833. The maximum absolute atomic E-state index is 12.9. The summed E-state index contributed by atoms with van der Waals surface area (Å²) in [6, 6.07) is 4.90. The molecular weight excluding hydrogens is 389 g/mol. The van der Waals surface area contributed by atoms with Crippen LogP contribution in [0, 0.1) is 0 Å². The fourth-order valence-corrected chi connectivity index (χ4v) is 3.09. The van der Waals surface area contributed by atoms with Crippen molar-refractivity contribution in [2.45, 2.75) is 25.9 Å². The number of anilines is 1. The minimum absolute atomic E-state index is 0.0140. The Balaban J connectivity index is 1.89. The van der Waals surface area contributed by atoms with Gasteiger partial charge in [0.25, 0.3) is 5.92 Å². The van der Waals surface area contributed by atoms with E-state index in [1.54, 1.807) is 18.2 Å². The fourth-order valence-electron chi connectivity index (χ4n) is 2.59. The van der Waals surface area contributed by atoms with Crippen molar-refractivity contribution < 1.29 is 18.3 Å². The van der Waals surface area contributed by atoms with Crippen LogP contribution in [0.5, 0.6) is 0 Å². The molecule has 1 aliphatic heterocycles. The highest BCUT2D eigenvalue weighted by Gasteiger charge is 2.32. The van der Waals surface area contributed by atoms with Crippen LogP contribution in [0.25, 0.3) is 11.3 Å². The molecule has 138 valence electrons. The van der Waals surface area contributed by atoms with Crippen molar-refractivity contribution in [3.8, 4) is 11.3 Å².